The monoisotopic (exact) mass is 347 g/mol. The van der Waals surface area contributed by atoms with Gasteiger partial charge in [0.05, 0.1) is 22.9 Å². The standard InChI is InChI=1S/C17H18ClN3O3/c18-14-7-11(21-17(23)15-8-13(22)9-20-15)4-5-16(14)24-10-12-3-1-2-6-19-12/h1-7,13,15,20,22H,8-10H2,(H,21,23). The van der Waals surface area contributed by atoms with E-state index in [0.717, 1.165) is 5.69 Å². The summed E-state index contributed by atoms with van der Waals surface area (Å²) >= 11 is 6.21. The van der Waals surface area contributed by atoms with E-state index < -0.39 is 6.10 Å². The number of aliphatic hydroxyl groups excluding tert-OH is 1. The molecule has 2 atom stereocenters. The third kappa shape index (κ3) is 4.23. The first kappa shape index (κ1) is 16.7. The number of anilines is 1. The first-order valence-electron chi connectivity index (χ1n) is 7.66. The summed E-state index contributed by atoms with van der Waals surface area (Å²) in [5.41, 5.74) is 1.38. The number of β-amino-alcohol motifs (C(OH)–C–C–N with tert-alkyl or cyclic N) is 1. The summed E-state index contributed by atoms with van der Waals surface area (Å²) < 4.78 is 5.64. The number of carbonyl (C=O) groups is 1. The predicted octanol–water partition coefficient (Wildman–Crippen LogP) is 1.98. The van der Waals surface area contributed by atoms with Crippen LogP contribution in [0.2, 0.25) is 5.02 Å². The lowest BCUT2D eigenvalue weighted by molar-refractivity contribution is -0.117. The van der Waals surface area contributed by atoms with Gasteiger partial charge in [0.25, 0.3) is 0 Å². The fourth-order valence-electron chi connectivity index (χ4n) is 2.48. The molecule has 0 saturated carbocycles. The van der Waals surface area contributed by atoms with Gasteiger partial charge in [0.1, 0.15) is 12.4 Å². The van der Waals surface area contributed by atoms with Crippen LogP contribution in [-0.4, -0.2) is 34.7 Å². The quantitative estimate of drug-likeness (QED) is 0.770. The summed E-state index contributed by atoms with van der Waals surface area (Å²) in [6.07, 6.45) is 1.63. The Morgan fingerprint density at radius 1 is 1.42 bits per heavy atom. The van der Waals surface area contributed by atoms with Crippen molar-refractivity contribution in [1.29, 1.82) is 0 Å². The fourth-order valence-corrected chi connectivity index (χ4v) is 2.71. The van der Waals surface area contributed by atoms with Crippen molar-refractivity contribution in [2.75, 3.05) is 11.9 Å². The van der Waals surface area contributed by atoms with E-state index >= 15 is 0 Å². The van der Waals surface area contributed by atoms with Crippen molar-refractivity contribution in [3.63, 3.8) is 0 Å². The SMILES string of the molecule is O=C(Nc1ccc(OCc2ccccn2)c(Cl)c1)C1CC(O)CN1. The first-order valence-corrected chi connectivity index (χ1v) is 8.04. The molecule has 6 nitrogen and oxygen atoms in total. The number of hydrogen-bond donors (Lipinski definition) is 3. The zero-order chi connectivity index (χ0) is 16.9. The van der Waals surface area contributed by atoms with Gasteiger partial charge in [0.2, 0.25) is 5.91 Å². The normalized spacial score (nSPS) is 19.9. The van der Waals surface area contributed by atoms with Gasteiger partial charge in [0, 0.05) is 18.4 Å². The molecule has 1 aromatic heterocycles. The molecule has 24 heavy (non-hydrogen) atoms. The second kappa shape index (κ2) is 7.61. The molecule has 1 aromatic carbocycles. The zero-order valence-electron chi connectivity index (χ0n) is 12.9. The van der Waals surface area contributed by atoms with E-state index in [1.165, 1.54) is 0 Å². The number of hydrogen-bond acceptors (Lipinski definition) is 5. The largest absolute Gasteiger partial charge is 0.486 e. The number of halogens is 1. The van der Waals surface area contributed by atoms with Crippen LogP contribution in [0.25, 0.3) is 0 Å². The smallest absolute Gasteiger partial charge is 0.241 e. The van der Waals surface area contributed by atoms with E-state index in [9.17, 15) is 9.90 Å². The topological polar surface area (TPSA) is 83.5 Å². The lowest BCUT2D eigenvalue weighted by atomic mass is 10.2. The van der Waals surface area contributed by atoms with Crippen LogP contribution >= 0.6 is 11.6 Å². The summed E-state index contributed by atoms with van der Waals surface area (Å²) in [4.78, 5) is 16.3. The molecular weight excluding hydrogens is 330 g/mol. The van der Waals surface area contributed by atoms with E-state index in [-0.39, 0.29) is 11.9 Å². The van der Waals surface area contributed by atoms with Crippen LogP contribution in [0.1, 0.15) is 12.1 Å². The average Bonchev–Trinajstić information content (AvgIpc) is 3.02. The number of amides is 1. The Morgan fingerprint density at radius 2 is 2.29 bits per heavy atom. The second-order valence-corrected chi connectivity index (χ2v) is 6.00. The minimum atomic E-state index is -0.480. The number of pyridine rings is 1. The van der Waals surface area contributed by atoms with Gasteiger partial charge in [-0.15, -0.1) is 0 Å². The van der Waals surface area contributed by atoms with E-state index in [4.69, 9.17) is 16.3 Å². The van der Waals surface area contributed by atoms with Crippen molar-refractivity contribution in [3.8, 4) is 5.75 Å². The van der Waals surface area contributed by atoms with Gasteiger partial charge in [-0.2, -0.15) is 0 Å². The molecule has 7 heteroatoms. The molecule has 0 bridgehead atoms. The molecular formula is C17H18ClN3O3. The number of carbonyl (C=O) groups excluding carboxylic acids is 1. The molecule has 0 spiro atoms. The maximum Gasteiger partial charge on any atom is 0.241 e. The molecule has 0 radical (unpaired) electrons. The Morgan fingerprint density at radius 3 is 2.96 bits per heavy atom. The maximum absolute atomic E-state index is 12.1. The van der Waals surface area contributed by atoms with Crippen molar-refractivity contribution in [1.82, 2.24) is 10.3 Å². The lowest BCUT2D eigenvalue weighted by Crippen LogP contribution is -2.35. The van der Waals surface area contributed by atoms with Crippen LogP contribution < -0.4 is 15.4 Å². The van der Waals surface area contributed by atoms with Gasteiger partial charge in [0.15, 0.2) is 0 Å². The van der Waals surface area contributed by atoms with E-state index in [1.54, 1.807) is 24.4 Å². The summed E-state index contributed by atoms with van der Waals surface area (Å²) in [5, 5.41) is 15.6. The molecule has 3 N–H and O–H groups in total. The Balaban J connectivity index is 1.59. The van der Waals surface area contributed by atoms with E-state index in [2.05, 4.69) is 15.6 Å². The molecule has 1 amide bonds. The molecule has 1 aliphatic heterocycles. The van der Waals surface area contributed by atoms with Gasteiger partial charge in [-0.25, -0.2) is 0 Å². The van der Waals surface area contributed by atoms with Crippen LogP contribution in [0.5, 0.6) is 5.75 Å². The fraction of sp³-hybridized carbons (Fsp3) is 0.294. The van der Waals surface area contributed by atoms with Crippen molar-refractivity contribution in [3.05, 3.63) is 53.3 Å². The third-order valence-electron chi connectivity index (χ3n) is 3.73. The molecule has 126 valence electrons. The number of ether oxygens (including phenoxy) is 1. The Labute approximate surface area is 144 Å². The number of benzene rings is 1. The predicted molar refractivity (Wildman–Crippen MR) is 91.1 cm³/mol. The van der Waals surface area contributed by atoms with E-state index in [0.29, 0.717) is 36.0 Å². The highest BCUT2D eigenvalue weighted by Gasteiger charge is 2.28. The molecule has 2 unspecified atom stereocenters. The van der Waals surface area contributed by atoms with Gasteiger partial charge < -0.3 is 20.5 Å². The van der Waals surface area contributed by atoms with Crippen LogP contribution in [0, 0.1) is 0 Å². The highest BCUT2D eigenvalue weighted by molar-refractivity contribution is 6.32. The molecule has 1 saturated heterocycles. The highest BCUT2D eigenvalue weighted by atomic mass is 35.5. The third-order valence-corrected chi connectivity index (χ3v) is 4.02. The lowest BCUT2D eigenvalue weighted by Gasteiger charge is -2.13. The number of aromatic nitrogens is 1. The first-order chi connectivity index (χ1) is 11.6. The van der Waals surface area contributed by atoms with Gasteiger partial charge in [-0.3, -0.25) is 9.78 Å². The molecule has 1 fully saturated rings. The average molecular weight is 348 g/mol. The molecule has 2 heterocycles. The number of aliphatic hydroxyl groups is 1. The number of rotatable bonds is 5. The van der Waals surface area contributed by atoms with Crippen LogP contribution in [0.3, 0.4) is 0 Å². The van der Waals surface area contributed by atoms with Crippen molar-refractivity contribution in [2.45, 2.75) is 25.2 Å². The molecule has 0 aliphatic carbocycles. The molecule has 3 rings (SSSR count). The van der Waals surface area contributed by atoms with Crippen molar-refractivity contribution < 1.29 is 14.6 Å². The van der Waals surface area contributed by atoms with Crippen LogP contribution in [0.4, 0.5) is 5.69 Å². The van der Waals surface area contributed by atoms with Gasteiger partial charge in [-0.1, -0.05) is 17.7 Å². The van der Waals surface area contributed by atoms with Crippen molar-refractivity contribution in [2.24, 2.45) is 0 Å². The van der Waals surface area contributed by atoms with Gasteiger partial charge in [-0.05, 0) is 36.8 Å². The van der Waals surface area contributed by atoms with E-state index in [1.807, 2.05) is 18.2 Å². The molecule has 2 aromatic rings. The zero-order valence-corrected chi connectivity index (χ0v) is 13.7. The summed E-state index contributed by atoms with van der Waals surface area (Å²) in [7, 11) is 0. The van der Waals surface area contributed by atoms with Crippen molar-refractivity contribution >= 4 is 23.2 Å². The summed E-state index contributed by atoms with van der Waals surface area (Å²) in [6, 6.07) is 10.3. The molecule has 1 aliphatic rings. The Kier molecular flexibility index (Phi) is 5.30. The number of nitrogens with zero attached hydrogens (tertiary/aromatic N) is 1. The highest BCUT2D eigenvalue weighted by Crippen LogP contribution is 2.28. The Hall–Kier alpha value is -2.15. The van der Waals surface area contributed by atoms with Crippen LogP contribution in [-0.2, 0) is 11.4 Å². The minimum Gasteiger partial charge on any atom is -0.486 e. The summed E-state index contributed by atoms with van der Waals surface area (Å²) in [6.45, 7) is 0.745. The minimum absolute atomic E-state index is 0.190. The summed E-state index contributed by atoms with van der Waals surface area (Å²) in [5.74, 6) is 0.333. The Bertz CT molecular complexity index is 711. The number of nitrogens with one attached hydrogen (secondary N) is 2. The second-order valence-electron chi connectivity index (χ2n) is 5.59. The van der Waals surface area contributed by atoms with Crippen LogP contribution in [0.15, 0.2) is 42.6 Å². The maximum atomic E-state index is 12.1. The van der Waals surface area contributed by atoms with Gasteiger partial charge >= 0.3 is 0 Å².